The van der Waals surface area contributed by atoms with Gasteiger partial charge in [0, 0.05) is 24.3 Å². The fraction of sp³-hybridized carbons (Fsp3) is 0.800. The smallest absolute Gasteiger partial charge is 0.0539 e. The van der Waals surface area contributed by atoms with Gasteiger partial charge in [-0.2, -0.15) is 5.10 Å². The van der Waals surface area contributed by atoms with Crippen LogP contribution in [0.1, 0.15) is 38.4 Å². The van der Waals surface area contributed by atoms with Gasteiger partial charge < -0.3 is 10.2 Å². The summed E-state index contributed by atoms with van der Waals surface area (Å²) in [7, 11) is 4.21. The van der Waals surface area contributed by atoms with E-state index in [2.05, 4.69) is 54.9 Å². The van der Waals surface area contributed by atoms with E-state index in [9.17, 15) is 0 Å². The Morgan fingerprint density at radius 2 is 2.11 bits per heavy atom. The van der Waals surface area contributed by atoms with Crippen LogP contribution >= 0.6 is 0 Å². The molecule has 4 heteroatoms. The van der Waals surface area contributed by atoms with E-state index in [4.69, 9.17) is 0 Å². The van der Waals surface area contributed by atoms with Crippen LogP contribution in [0.3, 0.4) is 0 Å². The van der Waals surface area contributed by atoms with Crippen LogP contribution in [0.2, 0.25) is 0 Å². The van der Waals surface area contributed by atoms with Crippen LogP contribution in [0.5, 0.6) is 0 Å². The largest absolute Gasteiger partial charge is 0.312 e. The number of hydrogen-bond donors (Lipinski definition) is 1. The van der Waals surface area contributed by atoms with Crippen LogP contribution in [-0.2, 0) is 19.5 Å². The van der Waals surface area contributed by atoms with E-state index < -0.39 is 0 Å². The molecule has 0 aliphatic carbocycles. The van der Waals surface area contributed by atoms with Crippen molar-refractivity contribution in [3.63, 3.8) is 0 Å². The summed E-state index contributed by atoms with van der Waals surface area (Å²) in [5.41, 5.74) is 2.77. The normalized spacial score (nSPS) is 11.7. The first kappa shape index (κ1) is 16.2. The molecule has 0 bridgehead atoms. The average molecular weight is 266 g/mol. The SMILES string of the molecule is CCCc1c(CNCC(C)C)cnn1CCN(C)C. The summed E-state index contributed by atoms with van der Waals surface area (Å²) in [6, 6.07) is 0. The summed E-state index contributed by atoms with van der Waals surface area (Å²) in [6.07, 6.45) is 4.32. The lowest BCUT2D eigenvalue weighted by atomic mass is 10.1. The Morgan fingerprint density at radius 3 is 2.68 bits per heavy atom. The van der Waals surface area contributed by atoms with E-state index in [1.807, 2.05) is 6.20 Å². The fourth-order valence-electron chi connectivity index (χ4n) is 2.11. The topological polar surface area (TPSA) is 33.1 Å². The van der Waals surface area contributed by atoms with Gasteiger partial charge in [-0.25, -0.2) is 0 Å². The molecule has 110 valence electrons. The number of aromatic nitrogens is 2. The Bertz CT molecular complexity index is 355. The molecule has 19 heavy (non-hydrogen) atoms. The number of nitrogens with zero attached hydrogens (tertiary/aromatic N) is 3. The van der Waals surface area contributed by atoms with Crippen molar-refractivity contribution in [1.29, 1.82) is 0 Å². The van der Waals surface area contributed by atoms with E-state index in [0.717, 1.165) is 32.6 Å². The van der Waals surface area contributed by atoms with Gasteiger partial charge in [0.2, 0.25) is 0 Å². The van der Waals surface area contributed by atoms with Crippen LogP contribution in [-0.4, -0.2) is 41.9 Å². The van der Waals surface area contributed by atoms with Crippen molar-refractivity contribution >= 4 is 0 Å². The van der Waals surface area contributed by atoms with Gasteiger partial charge >= 0.3 is 0 Å². The summed E-state index contributed by atoms with van der Waals surface area (Å²) >= 11 is 0. The highest BCUT2D eigenvalue weighted by molar-refractivity contribution is 5.18. The Kier molecular flexibility index (Phi) is 7.10. The second kappa shape index (κ2) is 8.33. The third kappa shape index (κ3) is 5.74. The first-order valence-electron chi connectivity index (χ1n) is 7.43. The van der Waals surface area contributed by atoms with Gasteiger partial charge in [0.15, 0.2) is 0 Å². The van der Waals surface area contributed by atoms with Gasteiger partial charge in [0.1, 0.15) is 0 Å². The molecular formula is C15H30N4. The van der Waals surface area contributed by atoms with Crippen LogP contribution in [0.15, 0.2) is 6.20 Å². The molecule has 0 amide bonds. The Hall–Kier alpha value is -0.870. The summed E-state index contributed by atoms with van der Waals surface area (Å²) in [5.74, 6) is 0.693. The molecule has 4 nitrogen and oxygen atoms in total. The zero-order valence-corrected chi connectivity index (χ0v) is 13.2. The Labute approximate surface area is 118 Å². The maximum absolute atomic E-state index is 4.55. The molecule has 1 rings (SSSR count). The summed E-state index contributed by atoms with van der Waals surface area (Å²) in [6.45, 7) is 10.7. The number of hydrogen-bond acceptors (Lipinski definition) is 3. The zero-order valence-electron chi connectivity index (χ0n) is 13.2. The minimum absolute atomic E-state index is 0.693. The molecule has 0 saturated heterocycles. The lowest BCUT2D eigenvalue weighted by Crippen LogP contribution is -2.22. The molecule has 0 unspecified atom stereocenters. The molecule has 1 heterocycles. The van der Waals surface area contributed by atoms with Gasteiger partial charge in [-0.15, -0.1) is 0 Å². The van der Waals surface area contributed by atoms with Crippen LogP contribution in [0.25, 0.3) is 0 Å². The minimum Gasteiger partial charge on any atom is -0.312 e. The third-order valence-corrected chi connectivity index (χ3v) is 3.15. The van der Waals surface area contributed by atoms with E-state index >= 15 is 0 Å². The Balaban J connectivity index is 2.64. The zero-order chi connectivity index (χ0) is 14.3. The van der Waals surface area contributed by atoms with Gasteiger partial charge in [-0.3, -0.25) is 4.68 Å². The van der Waals surface area contributed by atoms with Crippen molar-refractivity contribution in [3.8, 4) is 0 Å². The maximum Gasteiger partial charge on any atom is 0.0539 e. The van der Waals surface area contributed by atoms with Gasteiger partial charge in [0.25, 0.3) is 0 Å². The quantitative estimate of drug-likeness (QED) is 0.743. The lowest BCUT2D eigenvalue weighted by molar-refractivity contribution is 0.369. The lowest BCUT2D eigenvalue weighted by Gasteiger charge is -2.13. The first-order chi connectivity index (χ1) is 9.04. The molecule has 0 radical (unpaired) electrons. The molecule has 0 aliphatic heterocycles. The molecule has 1 aromatic heterocycles. The minimum atomic E-state index is 0.693. The highest BCUT2D eigenvalue weighted by Gasteiger charge is 2.10. The van der Waals surface area contributed by atoms with Crippen molar-refractivity contribution in [2.45, 2.75) is 46.7 Å². The van der Waals surface area contributed by atoms with Crippen molar-refractivity contribution in [2.75, 3.05) is 27.2 Å². The maximum atomic E-state index is 4.55. The monoisotopic (exact) mass is 266 g/mol. The van der Waals surface area contributed by atoms with E-state index in [1.54, 1.807) is 0 Å². The molecule has 0 fully saturated rings. The van der Waals surface area contributed by atoms with Gasteiger partial charge in [-0.1, -0.05) is 27.2 Å². The third-order valence-electron chi connectivity index (χ3n) is 3.15. The Morgan fingerprint density at radius 1 is 1.37 bits per heavy atom. The number of likely N-dealkylation sites (N-methyl/N-ethyl adjacent to an activating group) is 1. The summed E-state index contributed by atoms with van der Waals surface area (Å²) < 4.78 is 2.18. The number of rotatable bonds is 9. The van der Waals surface area contributed by atoms with Crippen molar-refractivity contribution in [2.24, 2.45) is 5.92 Å². The van der Waals surface area contributed by atoms with Crippen LogP contribution in [0, 0.1) is 5.92 Å². The fourth-order valence-corrected chi connectivity index (χ4v) is 2.11. The van der Waals surface area contributed by atoms with Crippen molar-refractivity contribution < 1.29 is 0 Å². The van der Waals surface area contributed by atoms with Crippen molar-refractivity contribution in [1.82, 2.24) is 20.0 Å². The molecule has 0 spiro atoms. The van der Waals surface area contributed by atoms with Gasteiger partial charge in [-0.05, 0) is 33.0 Å². The van der Waals surface area contributed by atoms with E-state index in [-0.39, 0.29) is 0 Å². The van der Waals surface area contributed by atoms with Crippen LogP contribution in [0.4, 0.5) is 0 Å². The predicted molar refractivity (Wildman–Crippen MR) is 81.3 cm³/mol. The molecule has 0 aliphatic rings. The van der Waals surface area contributed by atoms with Crippen LogP contribution < -0.4 is 5.32 Å². The number of nitrogens with one attached hydrogen (secondary N) is 1. The van der Waals surface area contributed by atoms with Crippen molar-refractivity contribution in [3.05, 3.63) is 17.5 Å². The summed E-state index contributed by atoms with van der Waals surface area (Å²) in [5, 5.41) is 8.07. The second-order valence-corrected chi connectivity index (χ2v) is 5.92. The van der Waals surface area contributed by atoms with E-state index in [0.29, 0.717) is 5.92 Å². The van der Waals surface area contributed by atoms with Gasteiger partial charge in [0.05, 0.1) is 12.7 Å². The molecule has 0 atom stereocenters. The van der Waals surface area contributed by atoms with E-state index in [1.165, 1.54) is 17.7 Å². The molecular weight excluding hydrogens is 236 g/mol. The predicted octanol–water partition coefficient (Wildman–Crippen LogP) is 2.14. The first-order valence-corrected chi connectivity index (χ1v) is 7.43. The second-order valence-electron chi connectivity index (χ2n) is 5.92. The molecule has 0 aromatic carbocycles. The highest BCUT2D eigenvalue weighted by Crippen LogP contribution is 2.11. The molecule has 0 saturated carbocycles. The molecule has 1 N–H and O–H groups in total. The molecule has 1 aromatic rings. The standard InChI is InChI=1S/C15H30N4/c1-6-7-15-14(11-16-10-13(2)3)12-17-19(15)9-8-18(4)5/h12-13,16H,6-11H2,1-5H3. The summed E-state index contributed by atoms with van der Waals surface area (Å²) in [4.78, 5) is 2.20. The average Bonchev–Trinajstić information content (AvgIpc) is 2.70. The highest BCUT2D eigenvalue weighted by atomic mass is 15.3.